The number of rotatable bonds is 3. The second-order valence-electron chi connectivity index (χ2n) is 3.77. The molecule has 0 fully saturated rings. The van der Waals surface area contributed by atoms with Crippen molar-refractivity contribution in [3.05, 3.63) is 24.3 Å². The van der Waals surface area contributed by atoms with E-state index in [1.807, 2.05) is 0 Å². The molecule has 0 bridgehead atoms. The SMILES string of the molecule is CCC(C)c1noc(-c2cncc(N)c2)n1. The first-order valence-electron chi connectivity index (χ1n) is 5.25. The van der Waals surface area contributed by atoms with Crippen LogP contribution in [0.5, 0.6) is 0 Å². The maximum absolute atomic E-state index is 5.64. The first-order chi connectivity index (χ1) is 7.70. The fourth-order valence-corrected chi connectivity index (χ4v) is 1.31. The highest BCUT2D eigenvalue weighted by Gasteiger charge is 2.13. The number of aromatic nitrogens is 3. The van der Waals surface area contributed by atoms with Gasteiger partial charge in [-0.15, -0.1) is 0 Å². The summed E-state index contributed by atoms with van der Waals surface area (Å²) < 4.78 is 5.17. The molecule has 1 atom stereocenters. The molecule has 0 saturated carbocycles. The molecule has 2 N–H and O–H groups in total. The summed E-state index contributed by atoms with van der Waals surface area (Å²) in [7, 11) is 0. The number of nitrogen functional groups attached to an aromatic ring is 1. The van der Waals surface area contributed by atoms with Crippen LogP contribution in [0, 0.1) is 0 Å². The molecule has 0 spiro atoms. The second-order valence-corrected chi connectivity index (χ2v) is 3.77. The highest BCUT2D eigenvalue weighted by molar-refractivity contribution is 5.57. The van der Waals surface area contributed by atoms with Crippen molar-refractivity contribution in [3.8, 4) is 11.5 Å². The third-order valence-corrected chi connectivity index (χ3v) is 2.50. The zero-order valence-corrected chi connectivity index (χ0v) is 9.34. The summed E-state index contributed by atoms with van der Waals surface area (Å²) in [6.07, 6.45) is 4.22. The molecule has 2 rings (SSSR count). The minimum atomic E-state index is 0.298. The highest BCUT2D eigenvalue weighted by Crippen LogP contribution is 2.21. The molecule has 0 saturated heterocycles. The van der Waals surface area contributed by atoms with E-state index in [0.29, 0.717) is 17.5 Å². The Hall–Kier alpha value is -1.91. The Labute approximate surface area is 93.7 Å². The molecule has 0 aliphatic rings. The van der Waals surface area contributed by atoms with Crippen molar-refractivity contribution in [3.63, 3.8) is 0 Å². The lowest BCUT2D eigenvalue weighted by Gasteiger charge is -1.98. The quantitative estimate of drug-likeness (QED) is 0.854. The van der Waals surface area contributed by atoms with Gasteiger partial charge < -0.3 is 10.3 Å². The summed E-state index contributed by atoms with van der Waals surface area (Å²) in [5.41, 5.74) is 6.97. The van der Waals surface area contributed by atoms with Crippen LogP contribution in [-0.4, -0.2) is 15.1 Å². The molecule has 16 heavy (non-hydrogen) atoms. The van der Waals surface area contributed by atoms with Crippen molar-refractivity contribution in [2.75, 3.05) is 5.73 Å². The zero-order chi connectivity index (χ0) is 11.5. The average molecular weight is 218 g/mol. The molecule has 84 valence electrons. The summed E-state index contributed by atoms with van der Waals surface area (Å²) >= 11 is 0. The lowest BCUT2D eigenvalue weighted by Crippen LogP contribution is -1.93. The predicted molar refractivity (Wildman–Crippen MR) is 60.6 cm³/mol. The molecule has 0 radical (unpaired) electrons. The third-order valence-electron chi connectivity index (χ3n) is 2.50. The van der Waals surface area contributed by atoms with Gasteiger partial charge in [0.05, 0.1) is 11.3 Å². The second kappa shape index (κ2) is 4.30. The van der Waals surface area contributed by atoms with Gasteiger partial charge in [0, 0.05) is 18.3 Å². The van der Waals surface area contributed by atoms with E-state index in [1.165, 1.54) is 0 Å². The monoisotopic (exact) mass is 218 g/mol. The zero-order valence-electron chi connectivity index (χ0n) is 9.34. The third kappa shape index (κ3) is 2.03. The lowest BCUT2D eigenvalue weighted by atomic mass is 10.1. The van der Waals surface area contributed by atoms with Crippen LogP contribution >= 0.6 is 0 Å². The number of nitrogens with zero attached hydrogens (tertiary/aromatic N) is 3. The van der Waals surface area contributed by atoms with Gasteiger partial charge in [0.15, 0.2) is 5.82 Å². The van der Waals surface area contributed by atoms with E-state index in [9.17, 15) is 0 Å². The fourth-order valence-electron chi connectivity index (χ4n) is 1.31. The summed E-state index contributed by atoms with van der Waals surface area (Å²) in [6.45, 7) is 4.15. The van der Waals surface area contributed by atoms with E-state index in [1.54, 1.807) is 18.5 Å². The molecule has 5 heteroatoms. The molecule has 0 amide bonds. The van der Waals surface area contributed by atoms with Crippen LogP contribution in [0.4, 0.5) is 5.69 Å². The summed E-state index contributed by atoms with van der Waals surface area (Å²) in [5.74, 6) is 1.49. The summed E-state index contributed by atoms with van der Waals surface area (Å²) in [4.78, 5) is 8.30. The van der Waals surface area contributed by atoms with Gasteiger partial charge in [-0.3, -0.25) is 4.98 Å². The molecular formula is C11H14N4O. The number of pyridine rings is 1. The molecule has 0 aliphatic carbocycles. The van der Waals surface area contributed by atoms with Gasteiger partial charge in [-0.05, 0) is 12.5 Å². The maximum atomic E-state index is 5.64. The Kier molecular flexibility index (Phi) is 2.85. The number of hydrogen-bond acceptors (Lipinski definition) is 5. The molecule has 2 aromatic rings. The summed E-state index contributed by atoms with van der Waals surface area (Å²) in [6, 6.07) is 1.76. The first kappa shape index (κ1) is 10.6. The Morgan fingerprint density at radius 3 is 2.94 bits per heavy atom. The van der Waals surface area contributed by atoms with E-state index in [0.717, 1.165) is 17.8 Å². The van der Waals surface area contributed by atoms with Crippen molar-refractivity contribution < 1.29 is 4.52 Å². The Bertz CT molecular complexity index is 480. The summed E-state index contributed by atoms with van der Waals surface area (Å²) in [5, 5.41) is 3.94. The minimum absolute atomic E-state index is 0.298. The fraction of sp³-hybridized carbons (Fsp3) is 0.364. The van der Waals surface area contributed by atoms with Crippen molar-refractivity contribution in [1.82, 2.24) is 15.1 Å². The van der Waals surface area contributed by atoms with Gasteiger partial charge in [-0.25, -0.2) is 0 Å². The van der Waals surface area contributed by atoms with Gasteiger partial charge in [0.25, 0.3) is 5.89 Å². The van der Waals surface area contributed by atoms with E-state index in [-0.39, 0.29) is 0 Å². The Balaban J connectivity index is 2.31. The molecular weight excluding hydrogens is 204 g/mol. The molecule has 0 aromatic carbocycles. The number of anilines is 1. The predicted octanol–water partition coefficient (Wildman–Crippen LogP) is 2.23. The first-order valence-corrected chi connectivity index (χ1v) is 5.25. The van der Waals surface area contributed by atoms with Crippen LogP contribution in [0.25, 0.3) is 11.5 Å². The molecule has 2 heterocycles. The van der Waals surface area contributed by atoms with E-state index >= 15 is 0 Å². The van der Waals surface area contributed by atoms with Gasteiger partial charge in [0.1, 0.15) is 0 Å². The van der Waals surface area contributed by atoms with Crippen molar-refractivity contribution in [2.45, 2.75) is 26.2 Å². The van der Waals surface area contributed by atoms with E-state index < -0.39 is 0 Å². The standard InChI is InChI=1S/C11H14N4O/c1-3-7(2)10-14-11(16-15-10)8-4-9(12)6-13-5-8/h4-7H,3,12H2,1-2H3. The van der Waals surface area contributed by atoms with Crippen LogP contribution in [0.3, 0.4) is 0 Å². The molecule has 1 unspecified atom stereocenters. The average Bonchev–Trinajstić information content (AvgIpc) is 2.77. The van der Waals surface area contributed by atoms with E-state index in [2.05, 4.69) is 29.0 Å². The smallest absolute Gasteiger partial charge is 0.259 e. The largest absolute Gasteiger partial charge is 0.397 e. The maximum Gasteiger partial charge on any atom is 0.259 e. The normalized spacial score (nSPS) is 12.6. The van der Waals surface area contributed by atoms with Crippen LogP contribution in [-0.2, 0) is 0 Å². The van der Waals surface area contributed by atoms with Crippen LogP contribution < -0.4 is 5.73 Å². The molecule has 5 nitrogen and oxygen atoms in total. The minimum Gasteiger partial charge on any atom is -0.397 e. The van der Waals surface area contributed by atoms with Crippen LogP contribution in [0.2, 0.25) is 0 Å². The topological polar surface area (TPSA) is 77.8 Å². The lowest BCUT2D eigenvalue weighted by molar-refractivity contribution is 0.416. The molecule has 0 aliphatic heterocycles. The number of hydrogen-bond donors (Lipinski definition) is 1. The molecule has 2 aromatic heterocycles. The highest BCUT2D eigenvalue weighted by atomic mass is 16.5. The Morgan fingerprint density at radius 2 is 2.25 bits per heavy atom. The van der Waals surface area contributed by atoms with Crippen molar-refractivity contribution in [1.29, 1.82) is 0 Å². The van der Waals surface area contributed by atoms with Gasteiger partial charge >= 0.3 is 0 Å². The van der Waals surface area contributed by atoms with Crippen LogP contribution in [0.15, 0.2) is 23.0 Å². The van der Waals surface area contributed by atoms with Crippen molar-refractivity contribution in [2.24, 2.45) is 0 Å². The van der Waals surface area contributed by atoms with Gasteiger partial charge in [-0.2, -0.15) is 4.98 Å². The van der Waals surface area contributed by atoms with Gasteiger partial charge in [0.2, 0.25) is 0 Å². The van der Waals surface area contributed by atoms with Gasteiger partial charge in [-0.1, -0.05) is 19.0 Å². The number of nitrogens with two attached hydrogens (primary N) is 1. The van der Waals surface area contributed by atoms with Crippen LogP contribution in [0.1, 0.15) is 32.0 Å². The Morgan fingerprint density at radius 1 is 1.44 bits per heavy atom. The van der Waals surface area contributed by atoms with E-state index in [4.69, 9.17) is 10.3 Å². The van der Waals surface area contributed by atoms with Crippen molar-refractivity contribution >= 4 is 5.69 Å².